The number of halogens is 1. The van der Waals surface area contributed by atoms with Crippen molar-refractivity contribution in [3.8, 4) is 0 Å². The van der Waals surface area contributed by atoms with Crippen LogP contribution in [-0.4, -0.2) is 19.0 Å². The number of carbonyl (C=O) groups is 2. The molecular formula is C8H8BrNO3S. The van der Waals surface area contributed by atoms with Crippen molar-refractivity contribution in [2.24, 2.45) is 0 Å². The first-order valence-electron chi connectivity index (χ1n) is 3.70. The van der Waals surface area contributed by atoms with E-state index in [1.54, 1.807) is 6.07 Å². The van der Waals surface area contributed by atoms with Crippen molar-refractivity contribution in [1.29, 1.82) is 0 Å². The largest absolute Gasteiger partial charge is 0.465 e. The number of esters is 1. The molecule has 1 aromatic heterocycles. The average molecular weight is 278 g/mol. The molecule has 0 aliphatic rings. The number of thiophene rings is 1. The molecule has 0 aromatic carbocycles. The van der Waals surface area contributed by atoms with E-state index in [0.717, 1.165) is 3.79 Å². The molecule has 76 valence electrons. The van der Waals surface area contributed by atoms with Crippen molar-refractivity contribution < 1.29 is 14.3 Å². The molecule has 6 heteroatoms. The Balaban J connectivity index is 3.02. The molecule has 1 amide bonds. The molecule has 0 aliphatic heterocycles. The first-order chi connectivity index (χ1) is 6.54. The zero-order valence-corrected chi connectivity index (χ0v) is 9.99. The van der Waals surface area contributed by atoms with Crippen LogP contribution in [0.4, 0.5) is 5.69 Å². The normalized spacial score (nSPS) is 9.64. The van der Waals surface area contributed by atoms with Gasteiger partial charge >= 0.3 is 5.97 Å². The van der Waals surface area contributed by atoms with Gasteiger partial charge in [0.15, 0.2) is 0 Å². The highest BCUT2D eigenvalue weighted by molar-refractivity contribution is 9.11. The molecule has 0 unspecified atom stereocenters. The first kappa shape index (κ1) is 11.2. The Labute approximate surface area is 93.4 Å². The van der Waals surface area contributed by atoms with Crippen molar-refractivity contribution in [2.45, 2.75) is 6.92 Å². The Kier molecular flexibility index (Phi) is 3.65. The van der Waals surface area contributed by atoms with Crippen LogP contribution in [0.15, 0.2) is 9.85 Å². The summed E-state index contributed by atoms with van der Waals surface area (Å²) in [6.45, 7) is 1.38. The topological polar surface area (TPSA) is 55.4 Å². The number of carbonyl (C=O) groups excluding carboxylic acids is 2. The van der Waals surface area contributed by atoms with E-state index in [9.17, 15) is 9.59 Å². The van der Waals surface area contributed by atoms with E-state index in [2.05, 4.69) is 26.0 Å². The predicted molar refractivity (Wildman–Crippen MR) is 57.7 cm³/mol. The van der Waals surface area contributed by atoms with Gasteiger partial charge in [-0.2, -0.15) is 0 Å². The van der Waals surface area contributed by atoms with Gasteiger partial charge in [0, 0.05) is 6.92 Å². The highest BCUT2D eigenvalue weighted by atomic mass is 79.9. The summed E-state index contributed by atoms with van der Waals surface area (Å²) < 4.78 is 5.34. The molecule has 1 rings (SSSR count). The zero-order chi connectivity index (χ0) is 10.7. The smallest absolute Gasteiger partial charge is 0.350 e. The highest BCUT2D eigenvalue weighted by Crippen LogP contribution is 2.31. The second-order valence-electron chi connectivity index (χ2n) is 2.47. The fourth-order valence-corrected chi connectivity index (χ4v) is 2.36. The molecule has 0 atom stereocenters. The lowest BCUT2D eigenvalue weighted by Crippen LogP contribution is -2.09. The van der Waals surface area contributed by atoms with E-state index >= 15 is 0 Å². The molecule has 0 aliphatic carbocycles. The molecular weight excluding hydrogens is 270 g/mol. The maximum atomic E-state index is 11.2. The number of hydrogen-bond acceptors (Lipinski definition) is 4. The van der Waals surface area contributed by atoms with Crippen LogP contribution in [0.3, 0.4) is 0 Å². The van der Waals surface area contributed by atoms with Crippen LogP contribution in [-0.2, 0) is 9.53 Å². The van der Waals surface area contributed by atoms with Crippen molar-refractivity contribution in [2.75, 3.05) is 12.4 Å². The minimum Gasteiger partial charge on any atom is -0.465 e. The third-order valence-electron chi connectivity index (χ3n) is 1.38. The molecule has 0 bridgehead atoms. The highest BCUT2D eigenvalue weighted by Gasteiger charge is 2.16. The summed E-state index contributed by atoms with van der Waals surface area (Å²) in [6, 6.07) is 1.66. The summed E-state index contributed by atoms with van der Waals surface area (Å²) in [6.07, 6.45) is 0. The molecule has 1 heterocycles. The van der Waals surface area contributed by atoms with Crippen molar-refractivity contribution in [3.63, 3.8) is 0 Å². The van der Waals surface area contributed by atoms with Gasteiger partial charge in [-0.05, 0) is 22.0 Å². The van der Waals surface area contributed by atoms with Crippen LogP contribution >= 0.6 is 27.3 Å². The Bertz CT molecular complexity index is 375. The van der Waals surface area contributed by atoms with Crippen molar-refractivity contribution in [1.82, 2.24) is 0 Å². The SMILES string of the molecule is COC(=O)c1sc(Br)cc1NC(C)=O. The Morgan fingerprint density at radius 1 is 1.57 bits per heavy atom. The van der Waals surface area contributed by atoms with Gasteiger partial charge < -0.3 is 10.1 Å². The standard InChI is InChI=1S/C8H8BrNO3S/c1-4(11)10-5-3-6(9)14-7(5)8(12)13-2/h3H,1-2H3,(H,10,11). The number of anilines is 1. The summed E-state index contributed by atoms with van der Waals surface area (Å²) in [4.78, 5) is 22.4. The summed E-state index contributed by atoms with van der Waals surface area (Å²) >= 11 is 4.45. The maximum absolute atomic E-state index is 11.2. The van der Waals surface area contributed by atoms with Crippen LogP contribution in [0, 0.1) is 0 Å². The molecule has 0 saturated carbocycles. The summed E-state index contributed by atoms with van der Waals surface area (Å²) in [7, 11) is 1.30. The van der Waals surface area contributed by atoms with Crippen LogP contribution in [0.1, 0.15) is 16.6 Å². The van der Waals surface area contributed by atoms with Crippen LogP contribution < -0.4 is 5.32 Å². The predicted octanol–water partition coefficient (Wildman–Crippen LogP) is 2.26. The molecule has 0 radical (unpaired) electrons. The molecule has 0 fully saturated rings. The molecule has 14 heavy (non-hydrogen) atoms. The second-order valence-corrected chi connectivity index (χ2v) is 4.90. The van der Waals surface area contributed by atoms with E-state index in [4.69, 9.17) is 0 Å². The zero-order valence-electron chi connectivity index (χ0n) is 7.59. The van der Waals surface area contributed by atoms with Gasteiger partial charge in [-0.1, -0.05) is 0 Å². The lowest BCUT2D eigenvalue weighted by atomic mass is 10.4. The third-order valence-corrected chi connectivity index (χ3v) is 3.00. The Morgan fingerprint density at radius 2 is 2.21 bits per heavy atom. The minimum absolute atomic E-state index is 0.222. The van der Waals surface area contributed by atoms with Crippen LogP contribution in [0.25, 0.3) is 0 Å². The van der Waals surface area contributed by atoms with Crippen molar-refractivity contribution in [3.05, 3.63) is 14.7 Å². The van der Waals surface area contributed by atoms with Gasteiger partial charge in [0.25, 0.3) is 0 Å². The fourth-order valence-electron chi connectivity index (χ4n) is 0.888. The lowest BCUT2D eigenvalue weighted by Gasteiger charge is -2.01. The second kappa shape index (κ2) is 4.56. The third kappa shape index (κ3) is 2.55. The van der Waals surface area contributed by atoms with Gasteiger partial charge in [-0.25, -0.2) is 4.79 Å². The summed E-state index contributed by atoms with van der Waals surface area (Å²) in [5.41, 5.74) is 0.473. The monoisotopic (exact) mass is 277 g/mol. The Morgan fingerprint density at radius 3 is 2.71 bits per heavy atom. The van der Waals surface area contributed by atoms with Gasteiger partial charge in [0.1, 0.15) is 4.88 Å². The van der Waals surface area contributed by atoms with E-state index in [-0.39, 0.29) is 5.91 Å². The van der Waals surface area contributed by atoms with E-state index < -0.39 is 5.97 Å². The van der Waals surface area contributed by atoms with E-state index in [1.807, 2.05) is 0 Å². The number of methoxy groups -OCH3 is 1. The van der Waals surface area contributed by atoms with Gasteiger partial charge in [-0.15, -0.1) is 11.3 Å². The number of rotatable bonds is 2. The van der Waals surface area contributed by atoms with Gasteiger partial charge in [0.05, 0.1) is 16.6 Å². The van der Waals surface area contributed by atoms with Gasteiger partial charge in [0.2, 0.25) is 5.91 Å². The number of amides is 1. The minimum atomic E-state index is -0.454. The fraction of sp³-hybridized carbons (Fsp3) is 0.250. The maximum Gasteiger partial charge on any atom is 0.350 e. The van der Waals surface area contributed by atoms with Crippen molar-refractivity contribution >= 4 is 44.8 Å². The number of hydrogen-bond donors (Lipinski definition) is 1. The average Bonchev–Trinajstić information content (AvgIpc) is 2.44. The number of nitrogens with one attached hydrogen (secondary N) is 1. The molecule has 1 N–H and O–H groups in total. The molecule has 1 aromatic rings. The molecule has 0 saturated heterocycles. The number of ether oxygens (including phenoxy) is 1. The summed E-state index contributed by atoms with van der Waals surface area (Å²) in [5, 5.41) is 2.55. The van der Waals surface area contributed by atoms with Crippen LogP contribution in [0.2, 0.25) is 0 Å². The quantitative estimate of drug-likeness (QED) is 0.844. The van der Waals surface area contributed by atoms with Crippen LogP contribution in [0.5, 0.6) is 0 Å². The molecule has 4 nitrogen and oxygen atoms in total. The Hall–Kier alpha value is -0.880. The molecule has 0 spiro atoms. The first-order valence-corrected chi connectivity index (χ1v) is 5.30. The summed E-state index contributed by atoms with van der Waals surface area (Å²) in [5.74, 6) is -0.676. The van der Waals surface area contributed by atoms with E-state index in [1.165, 1.54) is 25.4 Å². The van der Waals surface area contributed by atoms with E-state index in [0.29, 0.717) is 10.6 Å². The van der Waals surface area contributed by atoms with Gasteiger partial charge in [-0.3, -0.25) is 4.79 Å². The lowest BCUT2D eigenvalue weighted by molar-refractivity contribution is -0.114.